The molecule has 1 aliphatic rings. The molecule has 8 heteroatoms. The van der Waals surface area contributed by atoms with Gasteiger partial charge in [-0.05, 0) is 44.2 Å². The lowest BCUT2D eigenvalue weighted by Crippen LogP contribution is -2.27. The molecule has 0 radical (unpaired) electrons. The van der Waals surface area contributed by atoms with E-state index < -0.39 is 15.1 Å². The van der Waals surface area contributed by atoms with Gasteiger partial charge >= 0.3 is 0 Å². The third kappa shape index (κ3) is 4.87. The van der Waals surface area contributed by atoms with E-state index in [1.807, 2.05) is 4.90 Å². The highest BCUT2D eigenvalue weighted by Gasteiger charge is 2.25. The molecule has 0 bridgehead atoms. The van der Waals surface area contributed by atoms with Crippen LogP contribution in [0.4, 0.5) is 11.6 Å². The number of anilines is 2. The van der Waals surface area contributed by atoms with Crippen LogP contribution in [-0.2, 0) is 9.84 Å². The summed E-state index contributed by atoms with van der Waals surface area (Å²) >= 11 is 0. The molecule has 3 rings (SSSR count). The Morgan fingerprint density at radius 1 is 1.17 bits per heavy atom. The van der Waals surface area contributed by atoms with Crippen molar-refractivity contribution in [3.63, 3.8) is 0 Å². The largest absolute Gasteiger partial charge is 0.381 e. The van der Waals surface area contributed by atoms with Crippen LogP contribution in [0.2, 0.25) is 0 Å². The van der Waals surface area contributed by atoms with Crippen molar-refractivity contribution >= 4 is 21.5 Å². The molecule has 0 saturated carbocycles. The van der Waals surface area contributed by atoms with Crippen molar-refractivity contribution in [2.75, 3.05) is 23.7 Å². The molecule has 0 spiro atoms. The van der Waals surface area contributed by atoms with E-state index in [9.17, 15) is 8.42 Å². The fourth-order valence-corrected chi connectivity index (χ4v) is 4.94. The second-order valence-electron chi connectivity index (χ2n) is 8.31. The van der Waals surface area contributed by atoms with Crippen molar-refractivity contribution in [2.45, 2.75) is 56.2 Å². The lowest BCUT2D eigenvalue weighted by molar-refractivity contribution is 0.529. The number of hydrogen-bond acceptors (Lipinski definition) is 7. The molecule has 2 heterocycles. The third-order valence-corrected chi connectivity index (χ3v) is 7.69. The minimum Gasteiger partial charge on any atom is -0.381 e. The highest BCUT2D eigenvalue weighted by Crippen LogP contribution is 2.28. The Bertz CT molecular complexity index is 944. The maximum Gasteiger partial charge on any atom is 0.180 e. The van der Waals surface area contributed by atoms with E-state index in [0.29, 0.717) is 41.1 Å². The van der Waals surface area contributed by atoms with Crippen molar-refractivity contribution in [1.82, 2.24) is 9.97 Å². The lowest BCUT2D eigenvalue weighted by Gasteiger charge is -2.19. The lowest BCUT2D eigenvalue weighted by atomic mass is 10.1. The summed E-state index contributed by atoms with van der Waals surface area (Å²) in [6.07, 6.45) is 4.06. The molecule has 0 aliphatic carbocycles. The van der Waals surface area contributed by atoms with Crippen molar-refractivity contribution in [3.05, 3.63) is 30.5 Å². The van der Waals surface area contributed by atoms with Crippen molar-refractivity contribution in [1.29, 1.82) is 0 Å². The van der Waals surface area contributed by atoms with Gasteiger partial charge < -0.3 is 16.4 Å². The summed E-state index contributed by atoms with van der Waals surface area (Å²) in [5.74, 6) is 1.49. The van der Waals surface area contributed by atoms with E-state index in [4.69, 9.17) is 11.5 Å². The van der Waals surface area contributed by atoms with Gasteiger partial charge in [-0.15, -0.1) is 0 Å². The zero-order valence-corrected chi connectivity index (χ0v) is 18.2. The predicted molar refractivity (Wildman–Crippen MR) is 117 cm³/mol. The van der Waals surface area contributed by atoms with Crippen LogP contribution < -0.4 is 16.4 Å². The van der Waals surface area contributed by atoms with Gasteiger partial charge in [-0.3, -0.25) is 0 Å². The summed E-state index contributed by atoms with van der Waals surface area (Å²) in [5.41, 5.74) is 13.5. The Morgan fingerprint density at radius 2 is 1.86 bits per heavy atom. The van der Waals surface area contributed by atoms with Crippen molar-refractivity contribution in [3.8, 4) is 11.3 Å². The van der Waals surface area contributed by atoms with Gasteiger partial charge in [-0.1, -0.05) is 26.0 Å². The Balaban J connectivity index is 1.81. The van der Waals surface area contributed by atoms with Crippen molar-refractivity contribution in [2.24, 2.45) is 11.7 Å². The topological polar surface area (TPSA) is 115 Å². The van der Waals surface area contributed by atoms with Crippen LogP contribution in [-0.4, -0.2) is 42.8 Å². The van der Waals surface area contributed by atoms with Gasteiger partial charge in [-0.2, -0.15) is 0 Å². The van der Waals surface area contributed by atoms with Crippen molar-refractivity contribution < 1.29 is 8.42 Å². The first-order chi connectivity index (χ1) is 13.7. The number of nitrogens with zero attached hydrogens (tertiary/aromatic N) is 3. The van der Waals surface area contributed by atoms with E-state index in [1.54, 1.807) is 37.4 Å². The average molecular weight is 418 g/mol. The van der Waals surface area contributed by atoms with E-state index in [-0.39, 0.29) is 6.04 Å². The zero-order chi connectivity index (χ0) is 21.2. The molecular formula is C21H31N5O2S. The maximum atomic E-state index is 12.8. The summed E-state index contributed by atoms with van der Waals surface area (Å²) in [7, 11) is -3.35. The van der Waals surface area contributed by atoms with Crippen LogP contribution in [0.1, 0.15) is 40.0 Å². The molecule has 1 fully saturated rings. The first-order valence-corrected chi connectivity index (χ1v) is 11.7. The standard InChI is InChI=1S/C21H31N5O2S/c1-14(2)4-5-15(3)29(27,28)18-8-6-16(7-9-18)19-12-24-20(23)21(25-19)26-11-10-17(22)13-26/h6-9,12,14-15,17H,4-5,10-11,13,22H2,1-3H3,(H2,23,24). The van der Waals surface area contributed by atoms with Gasteiger partial charge in [0.2, 0.25) is 0 Å². The second kappa shape index (κ2) is 8.67. The molecule has 1 aromatic heterocycles. The molecule has 2 aromatic rings. The first-order valence-electron chi connectivity index (χ1n) is 10.2. The van der Waals surface area contributed by atoms with Gasteiger partial charge in [0.15, 0.2) is 21.5 Å². The van der Waals surface area contributed by atoms with Crippen LogP contribution in [0.15, 0.2) is 35.4 Å². The zero-order valence-electron chi connectivity index (χ0n) is 17.4. The molecule has 2 atom stereocenters. The van der Waals surface area contributed by atoms with Crippen LogP contribution in [0.3, 0.4) is 0 Å². The summed E-state index contributed by atoms with van der Waals surface area (Å²) in [6.45, 7) is 7.49. The van der Waals surface area contributed by atoms with Crippen LogP contribution in [0, 0.1) is 5.92 Å². The fraction of sp³-hybridized carbons (Fsp3) is 0.524. The normalized spacial score (nSPS) is 18.4. The van der Waals surface area contributed by atoms with Crippen LogP contribution >= 0.6 is 0 Å². The molecule has 7 nitrogen and oxygen atoms in total. The smallest absolute Gasteiger partial charge is 0.180 e. The van der Waals surface area contributed by atoms with Crippen LogP contribution in [0.25, 0.3) is 11.3 Å². The molecule has 2 unspecified atom stereocenters. The number of aromatic nitrogens is 2. The number of benzene rings is 1. The SMILES string of the molecule is CC(C)CCC(C)S(=O)(=O)c1ccc(-c2cnc(N)c(N3CCC(N)C3)n2)cc1. The minimum absolute atomic E-state index is 0.113. The number of nitrogen functional groups attached to an aromatic ring is 1. The summed E-state index contributed by atoms with van der Waals surface area (Å²) in [4.78, 5) is 11.3. The highest BCUT2D eigenvalue weighted by molar-refractivity contribution is 7.92. The van der Waals surface area contributed by atoms with Gasteiger partial charge in [0.05, 0.1) is 22.0 Å². The predicted octanol–water partition coefficient (Wildman–Crippen LogP) is 2.86. The molecule has 29 heavy (non-hydrogen) atoms. The van der Waals surface area contributed by atoms with Gasteiger partial charge in [0.25, 0.3) is 0 Å². The van der Waals surface area contributed by atoms with Crippen LogP contribution in [0.5, 0.6) is 0 Å². The summed E-state index contributed by atoms with van der Waals surface area (Å²) < 4.78 is 25.7. The average Bonchev–Trinajstić information content (AvgIpc) is 3.12. The number of sulfone groups is 1. The molecule has 0 amide bonds. The molecule has 1 aromatic carbocycles. The molecular weight excluding hydrogens is 386 g/mol. The highest BCUT2D eigenvalue weighted by atomic mass is 32.2. The van der Waals surface area contributed by atoms with E-state index in [2.05, 4.69) is 23.8 Å². The Kier molecular flexibility index (Phi) is 6.43. The van der Waals surface area contributed by atoms with E-state index in [1.165, 1.54) is 0 Å². The summed E-state index contributed by atoms with van der Waals surface area (Å²) in [5, 5.41) is -0.405. The Morgan fingerprint density at radius 3 is 2.45 bits per heavy atom. The monoisotopic (exact) mass is 417 g/mol. The molecule has 1 aliphatic heterocycles. The second-order valence-corrected chi connectivity index (χ2v) is 10.7. The van der Waals surface area contributed by atoms with E-state index in [0.717, 1.165) is 24.9 Å². The Hall–Kier alpha value is -2.19. The number of nitrogens with two attached hydrogens (primary N) is 2. The van der Waals surface area contributed by atoms with Gasteiger partial charge in [0.1, 0.15) is 0 Å². The molecule has 158 valence electrons. The number of rotatable bonds is 7. The van der Waals surface area contributed by atoms with E-state index >= 15 is 0 Å². The third-order valence-electron chi connectivity index (χ3n) is 5.46. The van der Waals surface area contributed by atoms with Gasteiger partial charge in [-0.25, -0.2) is 18.4 Å². The summed E-state index contributed by atoms with van der Waals surface area (Å²) in [6, 6.07) is 6.98. The molecule has 4 N–H and O–H groups in total. The maximum absolute atomic E-state index is 12.8. The quantitative estimate of drug-likeness (QED) is 0.711. The van der Waals surface area contributed by atoms with Gasteiger partial charge in [0, 0.05) is 24.7 Å². The number of hydrogen-bond donors (Lipinski definition) is 2. The Labute approximate surface area is 173 Å². The first kappa shape index (κ1) is 21.5. The minimum atomic E-state index is -3.35. The molecule has 1 saturated heterocycles. The fourth-order valence-electron chi connectivity index (χ4n) is 3.51.